The number of nitrogens with zero attached hydrogens (tertiary/aromatic N) is 4. The predicted octanol–water partition coefficient (Wildman–Crippen LogP) is 1.62. The second kappa shape index (κ2) is 8.11. The Morgan fingerprint density at radius 2 is 1.92 bits per heavy atom. The van der Waals surface area contributed by atoms with E-state index in [-0.39, 0.29) is 24.7 Å². The lowest BCUT2D eigenvalue weighted by molar-refractivity contribution is -0.124. The van der Waals surface area contributed by atoms with Crippen LogP contribution in [0.1, 0.15) is 18.4 Å². The van der Waals surface area contributed by atoms with Crippen LogP contribution in [0.5, 0.6) is 0 Å². The number of anilines is 1. The van der Waals surface area contributed by atoms with Gasteiger partial charge in [0, 0.05) is 24.9 Å². The Hall–Kier alpha value is -3.14. The minimum atomic E-state index is -0.267. The highest BCUT2D eigenvalue weighted by Gasteiger charge is 2.09. The van der Waals surface area contributed by atoms with Gasteiger partial charge in [0.2, 0.25) is 29.2 Å². The first-order valence-electron chi connectivity index (χ1n) is 7.39. The van der Waals surface area contributed by atoms with Crippen LogP contribution < -0.4 is 10.6 Å². The van der Waals surface area contributed by atoms with Crippen LogP contribution in [0.2, 0.25) is 0 Å². The van der Waals surface area contributed by atoms with Crippen molar-refractivity contribution in [1.29, 1.82) is 0 Å². The van der Waals surface area contributed by atoms with E-state index in [1.54, 1.807) is 0 Å². The third-order valence-electron chi connectivity index (χ3n) is 3.25. The molecule has 0 fully saturated rings. The average Bonchev–Trinajstić information content (AvgIpc) is 3.32. The van der Waals surface area contributed by atoms with E-state index in [2.05, 4.69) is 31.0 Å². The summed E-state index contributed by atoms with van der Waals surface area (Å²) in [6.45, 7) is 0.378. The number of nitrogens with one attached hydrogen (secondary N) is 2. The molecule has 0 radical (unpaired) electrons. The molecule has 0 spiro atoms. The molecule has 3 rings (SSSR count). The number of rotatable bonds is 7. The fraction of sp³-hybridized carbons (Fsp3) is 0.200. The second-order valence-corrected chi connectivity index (χ2v) is 5.85. The second-order valence-electron chi connectivity index (χ2n) is 5.02. The molecule has 1 aromatic carbocycles. The molecule has 0 atom stereocenters. The molecule has 2 N–H and O–H groups in total. The first-order valence-corrected chi connectivity index (χ1v) is 8.27. The lowest BCUT2D eigenvalue weighted by Gasteiger charge is -2.06. The van der Waals surface area contributed by atoms with Crippen molar-refractivity contribution >= 4 is 28.3 Å². The first-order chi connectivity index (χ1) is 12.2. The lowest BCUT2D eigenvalue weighted by Crippen LogP contribution is -2.24. The SMILES string of the molecule is O=C(CCC(=O)Nc1nncs1)NCc1ccc(-c2ncon2)cc1. The Morgan fingerprint density at radius 1 is 1.12 bits per heavy atom. The summed E-state index contributed by atoms with van der Waals surface area (Å²) >= 11 is 1.22. The van der Waals surface area contributed by atoms with E-state index in [0.717, 1.165) is 11.1 Å². The van der Waals surface area contributed by atoms with Crippen LogP contribution in [-0.4, -0.2) is 32.2 Å². The smallest absolute Gasteiger partial charge is 0.226 e. The van der Waals surface area contributed by atoms with Crippen molar-refractivity contribution in [3.63, 3.8) is 0 Å². The van der Waals surface area contributed by atoms with Gasteiger partial charge in [0.05, 0.1) is 0 Å². The molecule has 0 aliphatic heterocycles. The topological polar surface area (TPSA) is 123 Å². The van der Waals surface area contributed by atoms with Crippen molar-refractivity contribution < 1.29 is 14.1 Å². The van der Waals surface area contributed by atoms with Crippen molar-refractivity contribution in [3.05, 3.63) is 41.7 Å². The molecule has 10 heteroatoms. The Labute approximate surface area is 146 Å². The van der Waals surface area contributed by atoms with E-state index >= 15 is 0 Å². The number of hydrogen-bond donors (Lipinski definition) is 2. The van der Waals surface area contributed by atoms with Gasteiger partial charge in [-0.15, -0.1) is 10.2 Å². The number of carbonyl (C=O) groups is 2. The van der Waals surface area contributed by atoms with Gasteiger partial charge in [0.15, 0.2) is 0 Å². The molecular weight excluding hydrogens is 344 g/mol. The maximum Gasteiger partial charge on any atom is 0.226 e. The Kier molecular flexibility index (Phi) is 5.42. The van der Waals surface area contributed by atoms with Gasteiger partial charge in [-0.2, -0.15) is 4.98 Å². The van der Waals surface area contributed by atoms with Gasteiger partial charge < -0.3 is 15.2 Å². The standard InChI is InChI=1S/C15H14N6O3S/c22-12(5-6-13(23)19-15-20-18-9-25-15)16-7-10-1-3-11(4-2-10)14-17-8-24-21-14/h1-4,8-9H,5-7H2,(H,16,22)(H,19,20,23). The molecular formula is C15H14N6O3S. The summed E-state index contributed by atoms with van der Waals surface area (Å²) < 4.78 is 4.70. The molecule has 128 valence electrons. The van der Waals surface area contributed by atoms with Gasteiger partial charge in [-0.1, -0.05) is 40.8 Å². The summed E-state index contributed by atoms with van der Waals surface area (Å²) in [5.41, 5.74) is 3.28. The van der Waals surface area contributed by atoms with Crippen LogP contribution in [0.3, 0.4) is 0 Å². The monoisotopic (exact) mass is 358 g/mol. The molecule has 2 amide bonds. The van der Waals surface area contributed by atoms with Gasteiger partial charge in [0.25, 0.3) is 0 Å². The molecule has 0 unspecified atom stereocenters. The Morgan fingerprint density at radius 3 is 2.60 bits per heavy atom. The number of amides is 2. The van der Waals surface area contributed by atoms with Gasteiger partial charge in [-0.25, -0.2) is 0 Å². The summed E-state index contributed by atoms with van der Waals surface area (Å²) in [6, 6.07) is 7.44. The van der Waals surface area contributed by atoms with E-state index < -0.39 is 0 Å². The van der Waals surface area contributed by atoms with Crippen molar-refractivity contribution in [2.75, 3.05) is 5.32 Å². The van der Waals surface area contributed by atoms with E-state index in [1.807, 2.05) is 24.3 Å². The fourth-order valence-corrected chi connectivity index (χ4v) is 2.46. The summed E-state index contributed by atoms with van der Waals surface area (Å²) in [5.74, 6) is 0.0445. The normalized spacial score (nSPS) is 10.4. The van der Waals surface area contributed by atoms with Gasteiger partial charge in [-0.3, -0.25) is 9.59 Å². The molecule has 9 nitrogen and oxygen atoms in total. The zero-order chi connectivity index (χ0) is 17.5. The molecule has 0 bridgehead atoms. The highest BCUT2D eigenvalue weighted by molar-refractivity contribution is 7.13. The summed E-state index contributed by atoms with van der Waals surface area (Å²) in [5, 5.41) is 16.9. The number of aromatic nitrogens is 4. The van der Waals surface area contributed by atoms with Crippen molar-refractivity contribution in [2.45, 2.75) is 19.4 Å². The largest absolute Gasteiger partial charge is 0.352 e. The molecule has 0 saturated heterocycles. The fourth-order valence-electron chi connectivity index (χ4n) is 1.99. The van der Waals surface area contributed by atoms with E-state index in [9.17, 15) is 9.59 Å². The van der Waals surface area contributed by atoms with Crippen LogP contribution in [0.25, 0.3) is 11.4 Å². The van der Waals surface area contributed by atoms with Crippen molar-refractivity contribution in [2.24, 2.45) is 0 Å². The van der Waals surface area contributed by atoms with Crippen LogP contribution in [0.15, 0.2) is 40.7 Å². The van der Waals surface area contributed by atoms with Crippen molar-refractivity contribution in [1.82, 2.24) is 25.7 Å². The molecule has 25 heavy (non-hydrogen) atoms. The zero-order valence-corrected chi connectivity index (χ0v) is 13.8. The Balaban J connectivity index is 1.40. The molecule has 2 heterocycles. The van der Waals surface area contributed by atoms with Gasteiger partial charge in [0.1, 0.15) is 5.51 Å². The number of carbonyl (C=O) groups excluding carboxylic acids is 2. The lowest BCUT2D eigenvalue weighted by atomic mass is 10.1. The molecule has 3 aromatic rings. The highest BCUT2D eigenvalue weighted by atomic mass is 32.1. The van der Waals surface area contributed by atoms with Gasteiger partial charge in [-0.05, 0) is 5.56 Å². The molecule has 0 saturated carbocycles. The molecule has 2 aromatic heterocycles. The van der Waals surface area contributed by atoms with Crippen LogP contribution in [-0.2, 0) is 16.1 Å². The van der Waals surface area contributed by atoms with E-state index in [0.29, 0.717) is 17.5 Å². The minimum absolute atomic E-state index is 0.0855. The predicted molar refractivity (Wildman–Crippen MR) is 89.4 cm³/mol. The third kappa shape index (κ3) is 4.91. The highest BCUT2D eigenvalue weighted by Crippen LogP contribution is 2.15. The average molecular weight is 358 g/mol. The van der Waals surface area contributed by atoms with Crippen LogP contribution >= 0.6 is 11.3 Å². The van der Waals surface area contributed by atoms with Crippen molar-refractivity contribution in [3.8, 4) is 11.4 Å². The quantitative estimate of drug-likeness (QED) is 0.658. The van der Waals surface area contributed by atoms with Crippen LogP contribution in [0.4, 0.5) is 5.13 Å². The summed E-state index contributed by atoms with van der Waals surface area (Å²) in [4.78, 5) is 27.5. The summed E-state index contributed by atoms with van der Waals surface area (Å²) in [7, 11) is 0. The molecule has 0 aliphatic rings. The maximum absolute atomic E-state index is 11.8. The van der Waals surface area contributed by atoms with E-state index in [4.69, 9.17) is 4.52 Å². The minimum Gasteiger partial charge on any atom is -0.352 e. The van der Waals surface area contributed by atoms with E-state index in [1.165, 1.54) is 23.2 Å². The third-order valence-corrected chi connectivity index (χ3v) is 3.86. The van der Waals surface area contributed by atoms with Crippen LogP contribution in [0, 0.1) is 0 Å². The summed E-state index contributed by atoms with van der Waals surface area (Å²) in [6.07, 6.45) is 1.46. The zero-order valence-electron chi connectivity index (χ0n) is 13.0. The number of hydrogen-bond acceptors (Lipinski definition) is 8. The molecule has 0 aliphatic carbocycles. The Bertz CT molecular complexity index is 818. The first kappa shape index (κ1) is 16.7. The number of benzene rings is 1. The van der Waals surface area contributed by atoms with Gasteiger partial charge >= 0.3 is 0 Å². The maximum atomic E-state index is 11.8.